The van der Waals surface area contributed by atoms with Gasteiger partial charge in [-0.2, -0.15) is 0 Å². The standard InChI is InChI=1S/C13H22/c1-10(2)5-7-12-9-13(12)8-6-11(3)4/h6,12-13H,1,5,7-9H2,2-4H3. The largest absolute Gasteiger partial charge is 0.100 e. The van der Waals surface area contributed by atoms with Gasteiger partial charge in [0.2, 0.25) is 0 Å². The molecule has 0 aliphatic heterocycles. The van der Waals surface area contributed by atoms with Crippen LogP contribution in [0, 0.1) is 11.8 Å². The van der Waals surface area contributed by atoms with Crippen LogP contribution in [-0.4, -0.2) is 0 Å². The second-order valence-corrected chi connectivity index (χ2v) is 4.77. The second kappa shape index (κ2) is 4.64. The summed E-state index contributed by atoms with van der Waals surface area (Å²) in [5.74, 6) is 2.00. The van der Waals surface area contributed by atoms with E-state index in [-0.39, 0.29) is 0 Å². The Kier molecular flexibility index (Phi) is 3.77. The molecule has 0 nitrogen and oxygen atoms in total. The molecule has 1 saturated carbocycles. The number of allylic oxidation sites excluding steroid dienone is 3. The van der Waals surface area contributed by atoms with Crippen molar-refractivity contribution < 1.29 is 0 Å². The van der Waals surface area contributed by atoms with Crippen LogP contribution in [-0.2, 0) is 0 Å². The predicted octanol–water partition coefficient (Wildman–Crippen LogP) is 4.34. The maximum atomic E-state index is 3.94. The zero-order valence-corrected chi connectivity index (χ0v) is 9.27. The zero-order chi connectivity index (χ0) is 9.84. The lowest BCUT2D eigenvalue weighted by Gasteiger charge is -1.98. The van der Waals surface area contributed by atoms with Crippen molar-refractivity contribution in [2.75, 3.05) is 0 Å². The topological polar surface area (TPSA) is 0 Å². The van der Waals surface area contributed by atoms with Crippen molar-refractivity contribution in [3.05, 3.63) is 23.8 Å². The van der Waals surface area contributed by atoms with E-state index in [1.807, 2.05) is 0 Å². The first-order valence-corrected chi connectivity index (χ1v) is 5.37. The van der Waals surface area contributed by atoms with E-state index < -0.39 is 0 Å². The van der Waals surface area contributed by atoms with Gasteiger partial charge in [0.05, 0.1) is 0 Å². The lowest BCUT2D eigenvalue weighted by atomic mass is 10.1. The summed E-state index contributed by atoms with van der Waals surface area (Å²) in [6.45, 7) is 10.4. The molecule has 13 heavy (non-hydrogen) atoms. The van der Waals surface area contributed by atoms with Gasteiger partial charge in [0.15, 0.2) is 0 Å². The molecule has 2 atom stereocenters. The SMILES string of the molecule is C=C(C)CCC1CC1CC=C(C)C. The molecule has 0 aromatic rings. The first kappa shape index (κ1) is 10.6. The van der Waals surface area contributed by atoms with Crippen LogP contribution in [0.25, 0.3) is 0 Å². The summed E-state index contributed by atoms with van der Waals surface area (Å²) in [6, 6.07) is 0. The van der Waals surface area contributed by atoms with E-state index in [4.69, 9.17) is 0 Å². The molecule has 0 heterocycles. The van der Waals surface area contributed by atoms with E-state index in [0.29, 0.717) is 0 Å². The van der Waals surface area contributed by atoms with Crippen LogP contribution in [0.3, 0.4) is 0 Å². The summed E-state index contributed by atoms with van der Waals surface area (Å²) < 4.78 is 0. The minimum Gasteiger partial charge on any atom is -0.100 e. The molecule has 2 unspecified atom stereocenters. The van der Waals surface area contributed by atoms with Gasteiger partial charge in [-0.3, -0.25) is 0 Å². The highest BCUT2D eigenvalue weighted by Gasteiger charge is 2.34. The molecule has 1 aliphatic rings. The predicted molar refractivity (Wildman–Crippen MR) is 59.7 cm³/mol. The summed E-state index contributed by atoms with van der Waals surface area (Å²) in [5, 5.41) is 0. The molecule has 0 spiro atoms. The van der Waals surface area contributed by atoms with Gasteiger partial charge in [0.25, 0.3) is 0 Å². The molecule has 0 saturated heterocycles. The molecule has 0 N–H and O–H groups in total. The highest BCUT2D eigenvalue weighted by Crippen LogP contribution is 2.45. The van der Waals surface area contributed by atoms with Crippen molar-refractivity contribution in [3.8, 4) is 0 Å². The maximum absolute atomic E-state index is 3.94. The molecular weight excluding hydrogens is 156 g/mol. The van der Waals surface area contributed by atoms with Gasteiger partial charge in [-0.05, 0) is 58.3 Å². The summed E-state index contributed by atoms with van der Waals surface area (Å²) in [5.41, 5.74) is 2.80. The van der Waals surface area contributed by atoms with Gasteiger partial charge in [0, 0.05) is 0 Å². The van der Waals surface area contributed by atoms with Gasteiger partial charge in [0.1, 0.15) is 0 Å². The Morgan fingerprint density at radius 2 is 2.00 bits per heavy atom. The van der Waals surface area contributed by atoms with Crippen LogP contribution >= 0.6 is 0 Å². The quantitative estimate of drug-likeness (QED) is 0.549. The molecular formula is C13H22. The maximum Gasteiger partial charge on any atom is -0.0317 e. The highest BCUT2D eigenvalue weighted by molar-refractivity contribution is 5.00. The third-order valence-corrected chi connectivity index (χ3v) is 2.84. The van der Waals surface area contributed by atoms with Crippen LogP contribution in [0.4, 0.5) is 0 Å². The minimum absolute atomic E-state index is 0.995. The van der Waals surface area contributed by atoms with Crippen molar-refractivity contribution in [2.45, 2.75) is 46.5 Å². The molecule has 1 rings (SSSR count). The van der Waals surface area contributed by atoms with Crippen molar-refractivity contribution in [1.29, 1.82) is 0 Å². The zero-order valence-electron chi connectivity index (χ0n) is 9.27. The molecule has 0 bridgehead atoms. The van der Waals surface area contributed by atoms with E-state index in [9.17, 15) is 0 Å². The fourth-order valence-corrected chi connectivity index (χ4v) is 1.77. The van der Waals surface area contributed by atoms with E-state index in [1.54, 1.807) is 0 Å². The fraction of sp³-hybridized carbons (Fsp3) is 0.692. The monoisotopic (exact) mass is 178 g/mol. The Bertz CT molecular complexity index is 206. The molecule has 0 aromatic heterocycles. The van der Waals surface area contributed by atoms with Crippen molar-refractivity contribution in [3.63, 3.8) is 0 Å². The summed E-state index contributed by atoms with van der Waals surface area (Å²) >= 11 is 0. The summed E-state index contributed by atoms with van der Waals surface area (Å²) in [7, 11) is 0. The van der Waals surface area contributed by atoms with Crippen molar-refractivity contribution in [1.82, 2.24) is 0 Å². The van der Waals surface area contributed by atoms with Crippen LogP contribution in [0.5, 0.6) is 0 Å². The van der Waals surface area contributed by atoms with Crippen LogP contribution < -0.4 is 0 Å². The lowest BCUT2D eigenvalue weighted by Crippen LogP contribution is -1.83. The smallest absolute Gasteiger partial charge is 0.0317 e. The van der Waals surface area contributed by atoms with E-state index in [2.05, 4.69) is 33.4 Å². The molecule has 0 radical (unpaired) electrons. The van der Waals surface area contributed by atoms with Crippen molar-refractivity contribution >= 4 is 0 Å². The summed E-state index contributed by atoms with van der Waals surface area (Å²) in [6.07, 6.45) is 7.75. The Hall–Kier alpha value is -0.520. The molecule has 1 fully saturated rings. The average molecular weight is 178 g/mol. The molecule has 1 aliphatic carbocycles. The van der Waals surface area contributed by atoms with Gasteiger partial charge in [-0.15, -0.1) is 6.58 Å². The van der Waals surface area contributed by atoms with Crippen LogP contribution in [0.1, 0.15) is 46.5 Å². The first-order valence-electron chi connectivity index (χ1n) is 5.37. The fourth-order valence-electron chi connectivity index (χ4n) is 1.77. The van der Waals surface area contributed by atoms with Gasteiger partial charge >= 0.3 is 0 Å². The second-order valence-electron chi connectivity index (χ2n) is 4.77. The molecule has 0 aromatic carbocycles. The third-order valence-electron chi connectivity index (χ3n) is 2.84. The number of rotatable bonds is 5. The minimum atomic E-state index is 0.995. The van der Waals surface area contributed by atoms with Gasteiger partial charge in [-0.1, -0.05) is 17.2 Å². The lowest BCUT2D eigenvalue weighted by molar-refractivity contribution is 0.646. The molecule has 0 heteroatoms. The number of hydrogen-bond donors (Lipinski definition) is 0. The highest BCUT2D eigenvalue weighted by atomic mass is 14.4. The van der Waals surface area contributed by atoms with E-state index in [1.165, 1.54) is 36.8 Å². The van der Waals surface area contributed by atoms with Crippen molar-refractivity contribution in [2.24, 2.45) is 11.8 Å². The average Bonchev–Trinajstić information content (AvgIpc) is 2.76. The Morgan fingerprint density at radius 1 is 1.31 bits per heavy atom. The Balaban J connectivity index is 2.09. The Labute approximate surface area is 82.7 Å². The summed E-state index contributed by atoms with van der Waals surface area (Å²) in [4.78, 5) is 0. The molecule has 74 valence electrons. The third kappa shape index (κ3) is 4.31. The first-order chi connectivity index (χ1) is 6.09. The van der Waals surface area contributed by atoms with Gasteiger partial charge in [-0.25, -0.2) is 0 Å². The van der Waals surface area contributed by atoms with E-state index >= 15 is 0 Å². The van der Waals surface area contributed by atoms with E-state index in [0.717, 1.165) is 11.8 Å². The Morgan fingerprint density at radius 3 is 2.54 bits per heavy atom. The van der Waals surface area contributed by atoms with Crippen LogP contribution in [0.15, 0.2) is 23.8 Å². The van der Waals surface area contributed by atoms with Gasteiger partial charge < -0.3 is 0 Å². The molecule has 0 amide bonds. The van der Waals surface area contributed by atoms with Crippen LogP contribution in [0.2, 0.25) is 0 Å². The normalized spacial score (nSPS) is 25.5. The number of hydrogen-bond acceptors (Lipinski definition) is 0.